The fourth-order valence-electron chi connectivity index (χ4n) is 3.84. The summed E-state index contributed by atoms with van der Waals surface area (Å²) in [7, 11) is -2.59. The average molecular weight is 497 g/mol. The Kier molecular flexibility index (Phi) is 7.16. The lowest BCUT2D eigenvalue weighted by molar-refractivity contribution is -0.120. The van der Waals surface area contributed by atoms with E-state index in [9.17, 15) is 13.2 Å². The smallest absolute Gasteiger partial charge is 0.264 e. The number of anilines is 1. The number of hydrogen-bond donors (Lipinski definition) is 1. The van der Waals surface area contributed by atoms with Crippen LogP contribution in [0.15, 0.2) is 71.6 Å². The SMILES string of the molecule is COc1ccc(C)cc1N(CC(=O)N[C@@H](C)c1ccc2c(c1)OCCO2)S(=O)(=O)c1ccccc1. The highest BCUT2D eigenvalue weighted by Gasteiger charge is 2.30. The van der Waals surface area contributed by atoms with Gasteiger partial charge in [0.1, 0.15) is 25.5 Å². The van der Waals surface area contributed by atoms with Crippen LogP contribution in [-0.4, -0.2) is 41.2 Å². The molecule has 184 valence electrons. The molecule has 4 rings (SSSR count). The molecule has 1 atom stereocenters. The first-order valence-corrected chi connectivity index (χ1v) is 12.6. The Morgan fingerprint density at radius 3 is 2.46 bits per heavy atom. The van der Waals surface area contributed by atoms with Crippen LogP contribution in [-0.2, 0) is 14.8 Å². The summed E-state index contributed by atoms with van der Waals surface area (Å²) in [4.78, 5) is 13.2. The molecule has 0 spiro atoms. The van der Waals surface area contributed by atoms with Crippen molar-refractivity contribution in [3.05, 3.63) is 77.9 Å². The van der Waals surface area contributed by atoms with E-state index in [0.29, 0.717) is 36.1 Å². The standard InChI is InChI=1S/C26H28N2O6S/c1-18-9-11-23(32-3)22(15-18)28(35(30,31)21-7-5-4-6-8-21)17-26(29)27-19(2)20-10-12-24-25(16-20)34-14-13-33-24/h4-12,15-16,19H,13-14,17H2,1-3H3,(H,27,29)/t19-/m0/s1. The molecular formula is C26H28N2O6S. The molecule has 0 saturated heterocycles. The molecule has 1 aliphatic rings. The number of carbonyl (C=O) groups excluding carboxylic acids is 1. The van der Waals surface area contributed by atoms with Gasteiger partial charge in [0, 0.05) is 0 Å². The van der Waals surface area contributed by atoms with Crippen molar-refractivity contribution in [3.8, 4) is 17.2 Å². The molecule has 0 bridgehead atoms. The zero-order valence-electron chi connectivity index (χ0n) is 19.9. The maximum atomic E-state index is 13.6. The molecule has 9 heteroatoms. The van der Waals surface area contributed by atoms with Gasteiger partial charge in [0.2, 0.25) is 5.91 Å². The van der Waals surface area contributed by atoms with Gasteiger partial charge in [-0.2, -0.15) is 0 Å². The number of nitrogens with one attached hydrogen (secondary N) is 1. The molecule has 0 unspecified atom stereocenters. The van der Waals surface area contributed by atoms with Gasteiger partial charge in [-0.05, 0) is 61.4 Å². The van der Waals surface area contributed by atoms with E-state index < -0.39 is 22.5 Å². The second-order valence-electron chi connectivity index (χ2n) is 8.19. The van der Waals surface area contributed by atoms with Gasteiger partial charge >= 0.3 is 0 Å². The minimum Gasteiger partial charge on any atom is -0.495 e. The molecule has 1 amide bonds. The summed E-state index contributed by atoms with van der Waals surface area (Å²) in [6, 6.07) is 18.3. The van der Waals surface area contributed by atoms with Gasteiger partial charge in [-0.1, -0.05) is 30.3 Å². The molecule has 1 aliphatic heterocycles. The zero-order chi connectivity index (χ0) is 25.0. The van der Waals surface area contributed by atoms with Crippen LogP contribution in [0.25, 0.3) is 0 Å². The highest BCUT2D eigenvalue weighted by molar-refractivity contribution is 7.92. The number of amides is 1. The highest BCUT2D eigenvalue weighted by atomic mass is 32.2. The molecule has 3 aromatic carbocycles. The third kappa shape index (κ3) is 5.35. The van der Waals surface area contributed by atoms with Crippen LogP contribution in [0.4, 0.5) is 5.69 Å². The molecule has 1 N–H and O–H groups in total. The van der Waals surface area contributed by atoms with Crippen molar-refractivity contribution in [2.24, 2.45) is 0 Å². The first-order valence-electron chi connectivity index (χ1n) is 11.2. The number of rotatable bonds is 8. The van der Waals surface area contributed by atoms with Crippen LogP contribution in [0.2, 0.25) is 0 Å². The van der Waals surface area contributed by atoms with Crippen molar-refractivity contribution in [1.82, 2.24) is 5.32 Å². The molecular weight excluding hydrogens is 468 g/mol. The topological polar surface area (TPSA) is 94.2 Å². The lowest BCUT2D eigenvalue weighted by atomic mass is 10.1. The van der Waals surface area contributed by atoms with Crippen molar-refractivity contribution >= 4 is 21.6 Å². The first-order chi connectivity index (χ1) is 16.8. The van der Waals surface area contributed by atoms with Gasteiger partial charge in [-0.3, -0.25) is 9.10 Å². The number of carbonyl (C=O) groups is 1. The number of aryl methyl sites for hydroxylation is 1. The molecule has 0 saturated carbocycles. The predicted molar refractivity (Wildman–Crippen MR) is 133 cm³/mol. The summed E-state index contributed by atoms with van der Waals surface area (Å²) >= 11 is 0. The van der Waals surface area contributed by atoms with E-state index in [0.717, 1.165) is 15.4 Å². The number of hydrogen-bond acceptors (Lipinski definition) is 6. The third-order valence-electron chi connectivity index (χ3n) is 5.67. The average Bonchev–Trinajstić information content (AvgIpc) is 2.87. The quantitative estimate of drug-likeness (QED) is 0.509. The van der Waals surface area contributed by atoms with E-state index in [2.05, 4.69) is 5.32 Å². The molecule has 0 aromatic heterocycles. The molecule has 0 radical (unpaired) electrons. The fourth-order valence-corrected chi connectivity index (χ4v) is 5.29. The zero-order valence-corrected chi connectivity index (χ0v) is 20.7. The Hall–Kier alpha value is -3.72. The maximum absolute atomic E-state index is 13.6. The van der Waals surface area contributed by atoms with Crippen LogP contribution in [0, 0.1) is 6.92 Å². The summed E-state index contributed by atoms with van der Waals surface area (Å²) in [5.41, 5.74) is 1.94. The van der Waals surface area contributed by atoms with Crippen molar-refractivity contribution in [2.45, 2.75) is 24.8 Å². The largest absolute Gasteiger partial charge is 0.495 e. The minimum absolute atomic E-state index is 0.0799. The molecule has 3 aromatic rings. The van der Waals surface area contributed by atoms with Crippen LogP contribution in [0.1, 0.15) is 24.1 Å². The lowest BCUT2D eigenvalue weighted by Crippen LogP contribution is -2.41. The first kappa shape index (κ1) is 24.4. The Bertz CT molecular complexity index is 1310. The summed E-state index contributed by atoms with van der Waals surface area (Å²) in [5.74, 6) is 1.16. The Balaban J connectivity index is 1.62. The van der Waals surface area contributed by atoms with Crippen molar-refractivity contribution in [3.63, 3.8) is 0 Å². The second-order valence-corrected chi connectivity index (χ2v) is 10.1. The summed E-state index contributed by atoms with van der Waals surface area (Å²) in [6.07, 6.45) is 0. The van der Waals surface area contributed by atoms with Crippen LogP contribution < -0.4 is 23.8 Å². The third-order valence-corrected chi connectivity index (χ3v) is 7.44. The van der Waals surface area contributed by atoms with Crippen molar-refractivity contribution < 1.29 is 27.4 Å². The minimum atomic E-state index is -4.06. The van der Waals surface area contributed by atoms with Gasteiger partial charge in [0.25, 0.3) is 10.0 Å². The van der Waals surface area contributed by atoms with E-state index in [1.165, 1.54) is 19.2 Å². The van der Waals surface area contributed by atoms with E-state index in [1.54, 1.807) is 36.4 Å². The van der Waals surface area contributed by atoms with E-state index in [1.807, 2.05) is 32.0 Å². The van der Waals surface area contributed by atoms with E-state index in [4.69, 9.17) is 14.2 Å². The monoisotopic (exact) mass is 496 g/mol. The van der Waals surface area contributed by atoms with Gasteiger partial charge in [0.05, 0.1) is 23.7 Å². The van der Waals surface area contributed by atoms with Crippen LogP contribution in [0.5, 0.6) is 17.2 Å². The number of methoxy groups -OCH3 is 1. The molecule has 8 nitrogen and oxygen atoms in total. The van der Waals surface area contributed by atoms with Crippen molar-refractivity contribution in [1.29, 1.82) is 0 Å². The highest BCUT2D eigenvalue weighted by Crippen LogP contribution is 2.34. The van der Waals surface area contributed by atoms with E-state index in [-0.39, 0.29) is 10.9 Å². The predicted octanol–water partition coefficient (Wildman–Crippen LogP) is 3.85. The number of nitrogens with zero attached hydrogens (tertiary/aromatic N) is 1. The summed E-state index contributed by atoms with van der Waals surface area (Å²) < 4.78 is 45.0. The molecule has 35 heavy (non-hydrogen) atoms. The number of fused-ring (bicyclic) bond motifs is 1. The Morgan fingerprint density at radius 1 is 1.03 bits per heavy atom. The van der Waals surface area contributed by atoms with Crippen LogP contribution >= 0.6 is 0 Å². The van der Waals surface area contributed by atoms with Gasteiger partial charge in [0.15, 0.2) is 11.5 Å². The number of sulfonamides is 1. The van der Waals surface area contributed by atoms with Gasteiger partial charge < -0.3 is 19.5 Å². The summed E-state index contributed by atoms with van der Waals surface area (Å²) in [5, 5.41) is 2.90. The number of benzene rings is 3. The lowest BCUT2D eigenvalue weighted by Gasteiger charge is -2.27. The second kappa shape index (κ2) is 10.3. The fraction of sp³-hybridized carbons (Fsp3) is 0.269. The maximum Gasteiger partial charge on any atom is 0.264 e. The van der Waals surface area contributed by atoms with Crippen molar-refractivity contribution in [2.75, 3.05) is 31.2 Å². The van der Waals surface area contributed by atoms with Crippen LogP contribution in [0.3, 0.4) is 0 Å². The molecule has 1 heterocycles. The van der Waals surface area contributed by atoms with Gasteiger partial charge in [-0.15, -0.1) is 0 Å². The molecule has 0 fully saturated rings. The molecule has 0 aliphatic carbocycles. The normalized spacial score (nSPS) is 13.6. The summed E-state index contributed by atoms with van der Waals surface area (Å²) in [6.45, 7) is 4.20. The Labute approximate surface area is 205 Å². The Morgan fingerprint density at radius 2 is 1.74 bits per heavy atom. The van der Waals surface area contributed by atoms with E-state index >= 15 is 0 Å². The van der Waals surface area contributed by atoms with Gasteiger partial charge in [-0.25, -0.2) is 8.42 Å². The number of ether oxygens (including phenoxy) is 3.